The minimum absolute atomic E-state index is 0.0228. The molecule has 1 unspecified atom stereocenters. The molecule has 0 aliphatic rings. The van der Waals surface area contributed by atoms with E-state index in [0.29, 0.717) is 0 Å². The van der Waals surface area contributed by atoms with Crippen molar-refractivity contribution in [2.75, 3.05) is 13.7 Å². The second kappa shape index (κ2) is 5.49. The lowest BCUT2D eigenvalue weighted by atomic mass is 9.86. The third kappa shape index (κ3) is 2.72. The normalized spacial score (nSPS) is 16.5. The molecule has 12 heavy (non-hydrogen) atoms. The van der Waals surface area contributed by atoms with Gasteiger partial charge in [-0.2, -0.15) is 4.94 Å². The van der Waals surface area contributed by atoms with Gasteiger partial charge in [0.15, 0.2) is 0 Å². The SMILES string of the molecule is CCCC(COF)(OC)C(C)C. The monoisotopic (exact) mass is 178 g/mol. The summed E-state index contributed by atoms with van der Waals surface area (Å²) in [6.07, 6.45) is 1.79. The molecule has 0 aromatic carbocycles. The van der Waals surface area contributed by atoms with E-state index in [0.717, 1.165) is 12.8 Å². The van der Waals surface area contributed by atoms with Crippen molar-refractivity contribution < 1.29 is 14.2 Å². The van der Waals surface area contributed by atoms with Crippen LogP contribution in [0.1, 0.15) is 33.6 Å². The third-order valence-electron chi connectivity index (χ3n) is 2.43. The summed E-state index contributed by atoms with van der Waals surface area (Å²) < 4.78 is 17.1. The van der Waals surface area contributed by atoms with E-state index in [-0.39, 0.29) is 12.5 Å². The van der Waals surface area contributed by atoms with Crippen LogP contribution in [-0.4, -0.2) is 19.3 Å². The first-order valence-corrected chi connectivity index (χ1v) is 4.41. The lowest BCUT2D eigenvalue weighted by Gasteiger charge is -2.34. The fourth-order valence-corrected chi connectivity index (χ4v) is 1.44. The number of methoxy groups -OCH3 is 1. The van der Waals surface area contributed by atoms with Crippen LogP contribution in [-0.2, 0) is 9.68 Å². The lowest BCUT2D eigenvalue weighted by molar-refractivity contribution is -0.206. The minimum atomic E-state index is -0.455. The molecule has 0 spiro atoms. The minimum Gasteiger partial charge on any atom is -0.375 e. The van der Waals surface area contributed by atoms with Gasteiger partial charge < -0.3 is 4.74 Å². The first kappa shape index (κ1) is 11.8. The van der Waals surface area contributed by atoms with E-state index in [4.69, 9.17) is 4.74 Å². The van der Waals surface area contributed by atoms with Crippen molar-refractivity contribution in [1.29, 1.82) is 0 Å². The zero-order valence-electron chi connectivity index (χ0n) is 8.39. The second-order valence-electron chi connectivity index (χ2n) is 3.43. The Kier molecular flexibility index (Phi) is 5.42. The summed E-state index contributed by atoms with van der Waals surface area (Å²) in [6.45, 7) is 6.10. The lowest BCUT2D eigenvalue weighted by Crippen LogP contribution is -2.41. The van der Waals surface area contributed by atoms with E-state index < -0.39 is 5.60 Å². The van der Waals surface area contributed by atoms with E-state index in [9.17, 15) is 4.53 Å². The average molecular weight is 178 g/mol. The molecule has 0 amide bonds. The molecule has 3 heteroatoms. The van der Waals surface area contributed by atoms with Gasteiger partial charge >= 0.3 is 0 Å². The average Bonchev–Trinajstić information content (AvgIpc) is 2.03. The van der Waals surface area contributed by atoms with Crippen molar-refractivity contribution in [3.63, 3.8) is 0 Å². The fourth-order valence-electron chi connectivity index (χ4n) is 1.44. The predicted molar refractivity (Wildman–Crippen MR) is 46.5 cm³/mol. The van der Waals surface area contributed by atoms with Gasteiger partial charge in [-0.3, -0.25) is 0 Å². The van der Waals surface area contributed by atoms with E-state index in [1.807, 2.05) is 20.8 Å². The zero-order valence-corrected chi connectivity index (χ0v) is 8.39. The van der Waals surface area contributed by atoms with Gasteiger partial charge in [0.25, 0.3) is 0 Å². The molecule has 0 fully saturated rings. The highest BCUT2D eigenvalue weighted by Crippen LogP contribution is 2.27. The number of ether oxygens (including phenoxy) is 1. The Labute approximate surface area is 74.0 Å². The maximum absolute atomic E-state index is 11.8. The Morgan fingerprint density at radius 2 is 2.00 bits per heavy atom. The van der Waals surface area contributed by atoms with Gasteiger partial charge in [-0.05, 0) is 16.9 Å². The molecule has 0 heterocycles. The van der Waals surface area contributed by atoms with Gasteiger partial charge in [-0.1, -0.05) is 27.2 Å². The molecular formula is C9H19FO2. The molecular weight excluding hydrogens is 159 g/mol. The molecule has 0 bridgehead atoms. The van der Waals surface area contributed by atoms with Crippen molar-refractivity contribution >= 4 is 0 Å². The molecule has 2 nitrogen and oxygen atoms in total. The molecule has 74 valence electrons. The highest BCUT2D eigenvalue weighted by Gasteiger charge is 2.33. The largest absolute Gasteiger partial charge is 0.375 e. The molecule has 0 aromatic heterocycles. The van der Waals surface area contributed by atoms with E-state index in [2.05, 4.69) is 4.94 Å². The van der Waals surface area contributed by atoms with Crippen molar-refractivity contribution in [2.24, 2.45) is 5.92 Å². The van der Waals surface area contributed by atoms with Crippen LogP contribution in [0.3, 0.4) is 0 Å². The first-order valence-electron chi connectivity index (χ1n) is 4.41. The standard InChI is InChI=1S/C9H19FO2/c1-5-6-9(11-4,7-12-10)8(2)3/h8H,5-7H2,1-4H3. The number of hydrogen-bond acceptors (Lipinski definition) is 2. The topological polar surface area (TPSA) is 18.5 Å². The van der Waals surface area contributed by atoms with Crippen LogP contribution in [0.5, 0.6) is 0 Å². The van der Waals surface area contributed by atoms with Gasteiger partial charge in [-0.15, -0.1) is 0 Å². The Hall–Kier alpha value is -0.150. The summed E-state index contributed by atoms with van der Waals surface area (Å²) in [5, 5.41) is 0. The van der Waals surface area contributed by atoms with Crippen LogP contribution < -0.4 is 0 Å². The van der Waals surface area contributed by atoms with Gasteiger partial charge in [0.2, 0.25) is 0 Å². The predicted octanol–water partition coefficient (Wildman–Crippen LogP) is 2.73. The summed E-state index contributed by atoms with van der Waals surface area (Å²) in [7, 11) is 1.61. The summed E-state index contributed by atoms with van der Waals surface area (Å²) in [5.74, 6) is 0.262. The van der Waals surface area contributed by atoms with Crippen LogP contribution >= 0.6 is 0 Å². The maximum atomic E-state index is 11.8. The summed E-state index contributed by atoms with van der Waals surface area (Å²) >= 11 is 0. The number of halogens is 1. The summed E-state index contributed by atoms with van der Waals surface area (Å²) in [4.78, 5) is 3.69. The number of rotatable bonds is 6. The molecule has 0 aliphatic heterocycles. The second-order valence-corrected chi connectivity index (χ2v) is 3.43. The first-order chi connectivity index (χ1) is 5.63. The van der Waals surface area contributed by atoms with Crippen LogP contribution in [0.15, 0.2) is 0 Å². The Bertz CT molecular complexity index is 109. The van der Waals surface area contributed by atoms with E-state index >= 15 is 0 Å². The number of hydrogen-bond donors (Lipinski definition) is 0. The van der Waals surface area contributed by atoms with E-state index in [1.54, 1.807) is 7.11 Å². The van der Waals surface area contributed by atoms with Crippen LogP contribution in [0.2, 0.25) is 0 Å². The summed E-state index contributed by atoms with van der Waals surface area (Å²) in [6, 6.07) is 0. The van der Waals surface area contributed by atoms with E-state index in [1.165, 1.54) is 0 Å². The highest BCUT2D eigenvalue weighted by atomic mass is 19.3. The van der Waals surface area contributed by atoms with Gasteiger partial charge in [0.1, 0.15) is 6.61 Å². The zero-order chi connectivity index (χ0) is 9.61. The molecule has 0 radical (unpaired) electrons. The van der Waals surface area contributed by atoms with Crippen LogP contribution in [0.25, 0.3) is 0 Å². The third-order valence-corrected chi connectivity index (χ3v) is 2.43. The molecule has 0 N–H and O–H groups in total. The van der Waals surface area contributed by atoms with Crippen molar-refractivity contribution in [2.45, 2.75) is 39.2 Å². The maximum Gasteiger partial charge on any atom is 0.117 e. The van der Waals surface area contributed by atoms with Gasteiger partial charge in [-0.25, -0.2) is 0 Å². The molecule has 0 aromatic rings. The smallest absolute Gasteiger partial charge is 0.117 e. The fraction of sp³-hybridized carbons (Fsp3) is 1.00. The van der Waals surface area contributed by atoms with Gasteiger partial charge in [0.05, 0.1) is 5.60 Å². The Balaban J connectivity index is 4.28. The molecule has 1 atom stereocenters. The van der Waals surface area contributed by atoms with Crippen molar-refractivity contribution in [3.8, 4) is 0 Å². The Morgan fingerprint density at radius 1 is 1.42 bits per heavy atom. The van der Waals surface area contributed by atoms with Crippen molar-refractivity contribution in [3.05, 3.63) is 0 Å². The van der Waals surface area contributed by atoms with Crippen molar-refractivity contribution in [1.82, 2.24) is 0 Å². The van der Waals surface area contributed by atoms with Gasteiger partial charge in [0, 0.05) is 7.11 Å². The quantitative estimate of drug-likeness (QED) is 0.622. The summed E-state index contributed by atoms with van der Waals surface area (Å²) in [5.41, 5.74) is -0.455. The molecule has 0 rings (SSSR count). The highest BCUT2D eigenvalue weighted by molar-refractivity contribution is 4.82. The molecule has 0 saturated heterocycles. The molecule has 0 aliphatic carbocycles. The van der Waals surface area contributed by atoms with Crippen LogP contribution in [0, 0.1) is 5.92 Å². The molecule has 0 saturated carbocycles. The Morgan fingerprint density at radius 3 is 2.25 bits per heavy atom. The van der Waals surface area contributed by atoms with Crippen LogP contribution in [0.4, 0.5) is 4.53 Å².